The zero-order valence-corrected chi connectivity index (χ0v) is 17.2. The highest BCUT2D eigenvalue weighted by Gasteiger charge is 2.47. The van der Waals surface area contributed by atoms with Crippen molar-refractivity contribution in [1.29, 1.82) is 0 Å². The summed E-state index contributed by atoms with van der Waals surface area (Å²) < 4.78 is 13.2. The lowest BCUT2D eigenvalue weighted by Gasteiger charge is -2.40. The number of thiol groups is 2. The molecule has 2 heterocycles. The highest BCUT2D eigenvalue weighted by Crippen LogP contribution is 2.51. The van der Waals surface area contributed by atoms with Gasteiger partial charge in [-0.2, -0.15) is 12.6 Å². The Morgan fingerprint density at radius 1 is 1.19 bits per heavy atom. The van der Waals surface area contributed by atoms with E-state index in [1.54, 1.807) is 12.1 Å². The van der Waals surface area contributed by atoms with E-state index in [1.807, 2.05) is 19.2 Å². The van der Waals surface area contributed by atoms with E-state index in [0.29, 0.717) is 11.8 Å². The van der Waals surface area contributed by atoms with Crippen LogP contribution < -0.4 is 0 Å². The predicted octanol–water partition coefficient (Wildman–Crippen LogP) is 3.74. The first kappa shape index (κ1) is 18.8. The van der Waals surface area contributed by atoms with Gasteiger partial charge in [-0.15, -0.1) is 12.6 Å². The summed E-state index contributed by atoms with van der Waals surface area (Å²) in [5.74, 6) is 2.40. The minimum Gasteiger partial charge on any atom is -0.303 e. The molecule has 2 fully saturated rings. The average molecular weight is 394 g/mol. The van der Waals surface area contributed by atoms with E-state index in [9.17, 15) is 4.39 Å². The van der Waals surface area contributed by atoms with Crippen molar-refractivity contribution < 1.29 is 4.39 Å². The topological polar surface area (TPSA) is 18.8 Å². The number of aliphatic imine (C=N–C) groups is 1. The van der Waals surface area contributed by atoms with Crippen molar-refractivity contribution in [2.75, 3.05) is 26.7 Å². The van der Waals surface area contributed by atoms with Crippen molar-refractivity contribution in [1.82, 2.24) is 9.80 Å². The van der Waals surface area contributed by atoms with Crippen molar-refractivity contribution in [3.8, 4) is 0 Å². The third-order valence-electron chi connectivity index (χ3n) is 6.69. The highest BCUT2D eigenvalue weighted by atomic mass is 32.1. The summed E-state index contributed by atoms with van der Waals surface area (Å²) in [6.07, 6.45) is 2.34. The van der Waals surface area contributed by atoms with Crippen LogP contribution in [0, 0.1) is 23.6 Å². The van der Waals surface area contributed by atoms with Gasteiger partial charge in [0.1, 0.15) is 11.3 Å². The Labute approximate surface area is 166 Å². The number of benzene rings is 1. The first-order chi connectivity index (χ1) is 12.4. The quantitative estimate of drug-likeness (QED) is 0.760. The maximum absolute atomic E-state index is 13.2. The zero-order valence-electron chi connectivity index (χ0n) is 15.4. The molecule has 0 spiro atoms. The summed E-state index contributed by atoms with van der Waals surface area (Å²) in [6, 6.07) is 7.13. The predicted molar refractivity (Wildman–Crippen MR) is 112 cm³/mol. The van der Waals surface area contributed by atoms with Gasteiger partial charge in [-0.25, -0.2) is 4.39 Å². The lowest BCUT2D eigenvalue weighted by Crippen LogP contribution is -2.46. The van der Waals surface area contributed by atoms with Crippen LogP contribution in [0.25, 0.3) is 0 Å². The van der Waals surface area contributed by atoms with Crippen molar-refractivity contribution in [2.45, 2.75) is 36.6 Å². The van der Waals surface area contributed by atoms with Crippen molar-refractivity contribution in [3.63, 3.8) is 0 Å². The van der Waals surface area contributed by atoms with E-state index in [2.05, 4.69) is 34.3 Å². The molecule has 0 bridgehead atoms. The van der Waals surface area contributed by atoms with Crippen molar-refractivity contribution >= 4 is 31.0 Å². The normalized spacial score (nSPS) is 38.0. The Kier molecular flexibility index (Phi) is 5.39. The molecule has 1 aromatic rings. The molecule has 3 aliphatic rings. The summed E-state index contributed by atoms with van der Waals surface area (Å²) in [4.78, 5) is 9.39. The summed E-state index contributed by atoms with van der Waals surface area (Å²) in [6.45, 7) is 5.58. The van der Waals surface area contributed by atoms with Gasteiger partial charge in [0.15, 0.2) is 0 Å². The van der Waals surface area contributed by atoms with E-state index in [0.717, 1.165) is 31.3 Å². The molecule has 1 saturated heterocycles. The molecule has 1 aliphatic carbocycles. The summed E-state index contributed by atoms with van der Waals surface area (Å²) in [7, 11) is 2.04. The fourth-order valence-corrected chi connectivity index (χ4v) is 5.88. The zero-order chi connectivity index (χ0) is 18.4. The Morgan fingerprint density at radius 3 is 2.65 bits per heavy atom. The van der Waals surface area contributed by atoms with Crippen LogP contribution in [0.4, 0.5) is 4.39 Å². The third-order valence-corrected chi connectivity index (χ3v) is 7.90. The Morgan fingerprint density at radius 2 is 1.92 bits per heavy atom. The van der Waals surface area contributed by atoms with E-state index < -0.39 is 0 Å². The molecule has 1 aromatic carbocycles. The van der Waals surface area contributed by atoms with E-state index >= 15 is 0 Å². The fourth-order valence-electron chi connectivity index (χ4n) is 4.96. The standard InChI is InChI=1S/C20H28FN3S2/c1-12-16(19(25)23(2)20(26)22-12)7-8-24-10-14-9-17(18(14)11-24)13-3-5-15(21)6-4-13/h3-6,14,16-20,25-26H,7-11H2,1-2H3. The van der Waals surface area contributed by atoms with Crippen LogP contribution in [0.15, 0.2) is 29.3 Å². The van der Waals surface area contributed by atoms with Crippen LogP contribution in [0.1, 0.15) is 31.2 Å². The fraction of sp³-hybridized carbons (Fsp3) is 0.650. The number of fused-ring (bicyclic) bond motifs is 1. The van der Waals surface area contributed by atoms with E-state index in [4.69, 9.17) is 12.6 Å². The third kappa shape index (κ3) is 3.46. The number of hydrogen-bond acceptors (Lipinski definition) is 5. The maximum atomic E-state index is 13.2. The average Bonchev–Trinajstić information content (AvgIpc) is 2.91. The molecular weight excluding hydrogens is 365 g/mol. The molecule has 3 nitrogen and oxygen atoms in total. The maximum Gasteiger partial charge on any atom is 0.147 e. The molecule has 142 valence electrons. The smallest absolute Gasteiger partial charge is 0.147 e. The Balaban J connectivity index is 1.33. The van der Waals surface area contributed by atoms with Crippen LogP contribution in [-0.2, 0) is 0 Å². The van der Waals surface area contributed by atoms with Gasteiger partial charge in [0, 0.05) is 24.7 Å². The second-order valence-corrected chi connectivity index (χ2v) is 9.16. The van der Waals surface area contributed by atoms with Gasteiger partial charge in [-0.1, -0.05) is 12.1 Å². The summed E-state index contributed by atoms with van der Waals surface area (Å²) >= 11 is 9.32. The second kappa shape index (κ2) is 7.46. The first-order valence-corrected chi connectivity index (χ1v) is 10.6. The van der Waals surface area contributed by atoms with E-state index in [-0.39, 0.29) is 16.7 Å². The summed E-state index contributed by atoms with van der Waals surface area (Å²) in [5.41, 5.74) is 2.41. The van der Waals surface area contributed by atoms with Gasteiger partial charge >= 0.3 is 0 Å². The second-order valence-electron chi connectivity index (χ2n) is 8.17. The van der Waals surface area contributed by atoms with Gasteiger partial charge < -0.3 is 4.90 Å². The van der Waals surface area contributed by atoms with Crippen LogP contribution >= 0.6 is 25.3 Å². The molecule has 0 radical (unpaired) electrons. The van der Waals surface area contributed by atoms with Crippen LogP contribution in [0.3, 0.4) is 0 Å². The number of likely N-dealkylation sites (tertiary alicyclic amines) is 1. The number of hydrogen-bond donors (Lipinski definition) is 2. The number of nitrogens with zero attached hydrogens (tertiary/aromatic N) is 3. The van der Waals surface area contributed by atoms with Crippen LogP contribution in [-0.4, -0.2) is 53.1 Å². The van der Waals surface area contributed by atoms with Gasteiger partial charge in [0.25, 0.3) is 0 Å². The van der Waals surface area contributed by atoms with Crippen molar-refractivity contribution in [3.05, 3.63) is 35.6 Å². The highest BCUT2D eigenvalue weighted by molar-refractivity contribution is 7.81. The van der Waals surface area contributed by atoms with Crippen molar-refractivity contribution in [2.24, 2.45) is 22.7 Å². The molecule has 0 aromatic heterocycles. The number of halogens is 1. The van der Waals surface area contributed by atoms with Gasteiger partial charge in [0.05, 0.1) is 5.37 Å². The largest absolute Gasteiger partial charge is 0.303 e. The molecule has 1 saturated carbocycles. The SMILES string of the molecule is CC1=NC(S)N(C)C(S)C1CCN1CC2CC(c3ccc(F)cc3)C2C1. The molecule has 26 heavy (non-hydrogen) atoms. The van der Waals surface area contributed by atoms with Gasteiger partial charge in [-0.05, 0) is 68.8 Å². The Hall–Kier alpha value is -0.560. The van der Waals surface area contributed by atoms with Gasteiger partial charge in [-0.3, -0.25) is 9.89 Å². The monoisotopic (exact) mass is 393 g/mol. The molecule has 6 atom stereocenters. The first-order valence-electron chi connectivity index (χ1n) is 9.54. The van der Waals surface area contributed by atoms with Crippen LogP contribution in [0.5, 0.6) is 0 Å². The minimum atomic E-state index is -0.142. The summed E-state index contributed by atoms with van der Waals surface area (Å²) in [5, 5.41) is 0.182. The molecular formula is C20H28FN3S2. The number of rotatable bonds is 4. The Bertz CT molecular complexity index is 680. The molecule has 0 N–H and O–H groups in total. The van der Waals surface area contributed by atoms with Crippen LogP contribution in [0.2, 0.25) is 0 Å². The molecule has 6 unspecified atom stereocenters. The van der Waals surface area contributed by atoms with E-state index in [1.165, 1.54) is 24.2 Å². The van der Waals surface area contributed by atoms with Gasteiger partial charge in [0.2, 0.25) is 0 Å². The molecule has 6 heteroatoms. The lowest BCUT2D eigenvalue weighted by molar-refractivity contribution is 0.191. The molecule has 4 rings (SSSR count). The lowest BCUT2D eigenvalue weighted by atomic mass is 9.64. The molecule has 2 aliphatic heterocycles. The molecule has 0 amide bonds. The minimum absolute atomic E-state index is 0.0761.